The zero-order valence-electron chi connectivity index (χ0n) is 15.5. The van der Waals surface area contributed by atoms with Crippen LogP contribution >= 0.6 is 0 Å². The number of hydrogen-bond donors (Lipinski definition) is 1. The standard InChI is InChI=1S/C23H20N2O3/c1-28-23(27)21(14-19-8-4-5-9-20(19)15-24)25-22(26)13-16-10-11-17-6-2-3-7-18(17)12-16/h2-12,21H,13-14H2,1H3,(H,25,26)/t21-/m1/s1. The summed E-state index contributed by atoms with van der Waals surface area (Å²) in [5.74, 6) is -0.820. The topological polar surface area (TPSA) is 79.2 Å². The van der Waals surface area contributed by atoms with Gasteiger partial charge in [0.25, 0.3) is 0 Å². The van der Waals surface area contributed by atoms with Gasteiger partial charge in [-0.05, 0) is 28.0 Å². The lowest BCUT2D eigenvalue weighted by Crippen LogP contribution is -2.43. The smallest absolute Gasteiger partial charge is 0.328 e. The summed E-state index contributed by atoms with van der Waals surface area (Å²) >= 11 is 0. The molecule has 140 valence electrons. The van der Waals surface area contributed by atoms with E-state index in [1.807, 2.05) is 42.5 Å². The quantitative estimate of drug-likeness (QED) is 0.674. The van der Waals surface area contributed by atoms with E-state index in [0.717, 1.165) is 16.3 Å². The van der Waals surface area contributed by atoms with Gasteiger partial charge in [0.2, 0.25) is 5.91 Å². The second-order valence-corrected chi connectivity index (χ2v) is 6.47. The number of rotatable bonds is 6. The van der Waals surface area contributed by atoms with Gasteiger partial charge in [-0.3, -0.25) is 4.79 Å². The number of esters is 1. The van der Waals surface area contributed by atoms with E-state index in [1.54, 1.807) is 24.3 Å². The summed E-state index contributed by atoms with van der Waals surface area (Å²) < 4.78 is 4.83. The van der Waals surface area contributed by atoms with Crippen LogP contribution in [-0.2, 0) is 27.2 Å². The molecule has 0 aliphatic rings. The van der Waals surface area contributed by atoms with Crippen molar-refractivity contribution < 1.29 is 14.3 Å². The third-order valence-corrected chi connectivity index (χ3v) is 4.56. The van der Waals surface area contributed by atoms with Gasteiger partial charge in [0.15, 0.2) is 0 Å². The number of carbonyl (C=O) groups is 2. The Kier molecular flexibility index (Phi) is 6.03. The lowest BCUT2D eigenvalue weighted by atomic mass is 10.0. The van der Waals surface area contributed by atoms with Gasteiger partial charge in [-0.15, -0.1) is 0 Å². The first-order valence-electron chi connectivity index (χ1n) is 8.93. The van der Waals surface area contributed by atoms with Gasteiger partial charge < -0.3 is 10.1 Å². The number of carbonyl (C=O) groups excluding carboxylic acids is 2. The molecule has 0 radical (unpaired) electrons. The minimum absolute atomic E-state index is 0.151. The SMILES string of the molecule is COC(=O)[C@@H](Cc1ccccc1C#N)NC(=O)Cc1ccc2ccccc2c1. The zero-order chi connectivity index (χ0) is 19.9. The molecule has 0 aliphatic carbocycles. The maximum atomic E-state index is 12.5. The first-order valence-corrected chi connectivity index (χ1v) is 8.93. The van der Waals surface area contributed by atoms with Crippen LogP contribution in [0, 0.1) is 11.3 Å². The Morgan fingerprint density at radius 1 is 1.04 bits per heavy atom. The number of fused-ring (bicyclic) bond motifs is 1. The van der Waals surface area contributed by atoms with Gasteiger partial charge >= 0.3 is 5.97 Å². The fourth-order valence-electron chi connectivity index (χ4n) is 3.14. The normalized spacial score (nSPS) is 11.4. The molecule has 5 heteroatoms. The number of amides is 1. The highest BCUT2D eigenvalue weighted by Gasteiger charge is 2.23. The van der Waals surface area contributed by atoms with Crippen molar-refractivity contribution in [2.75, 3.05) is 7.11 Å². The predicted octanol–water partition coefficient (Wildman–Crippen LogP) is 3.15. The second kappa shape index (κ2) is 8.83. The second-order valence-electron chi connectivity index (χ2n) is 6.47. The third-order valence-electron chi connectivity index (χ3n) is 4.56. The summed E-state index contributed by atoms with van der Waals surface area (Å²) in [7, 11) is 1.28. The minimum atomic E-state index is -0.854. The molecule has 3 aromatic rings. The van der Waals surface area contributed by atoms with Crippen LogP contribution in [0.15, 0.2) is 66.7 Å². The van der Waals surface area contributed by atoms with Crippen LogP contribution in [0.3, 0.4) is 0 Å². The number of nitriles is 1. The lowest BCUT2D eigenvalue weighted by Gasteiger charge is -2.17. The number of ether oxygens (including phenoxy) is 1. The molecule has 0 aliphatic heterocycles. The molecule has 0 spiro atoms. The van der Waals surface area contributed by atoms with E-state index in [9.17, 15) is 14.9 Å². The van der Waals surface area contributed by atoms with Gasteiger partial charge in [0.05, 0.1) is 25.2 Å². The Morgan fingerprint density at radius 3 is 2.50 bits per heavy atom. The molecule has 1 N–H and O–H groups in total. The molecule has 3 aromatic carbocycles. The first-order chi connectivity index (χ1) is 13.6. The number of hydrogen-bond acceptors (Lipinski definition) is 4. The molecule has 1 amide bonds. The molecule has 1 atom stereocenters. The number of benzene rings is 3. The van der Waals surface area contributed by atoms with Crippen molar-refractivity contribution in [1.29, 1.82) is 5.26 Å². The van der Waals surface area contributed by atoms with Crippen molar-refractivity contribution in [3.05, 3.63) is 83.4 Å². The number of nitrogens with zero attached hydrogens (tertiary/aromatic N) is 1. The first kappa shape index (κ1) is 19.1. The van der Waals surface area contributed by atoms with Crippen molar-refractivity contribution >= 4 is 22.6 Å². The summed E-state index contributed by atoms with van der Waals surface area (Å²) in [6.07, 6.45) is 0.345. The highest BCUT2D eigenvalue weighted by molar-refractivity contribution is 5.88. The maximum Gasteiger partial charge on any atom is 0.328 e. The Balaban J connectivity index is 1.73. The van der Waals surface area contributed by atoms with Crippen LogP contribution in [0.2, 0.25) is 0 Å². The molecule has 28 heavy (non-hydrogen) atoms. The molecule has 0 unspecified atom stereocenters. The minimum Gasteiger partial charge on any atom is -0.467 e. The van der Waals surface area contributed by atoms with Gasteiger partial charge in [-0.1, -0.05) is 60.7 Å². The van der Waals surface area contributed by atoms with Crippen LogP contribution in [0.25, 0.3) is 10.8 Å². The Labute approximate surface area is 163 Å². The number of nitrogens with one attached hydrogen (secondary N) is 1. The van der Waals surface area contributed by atoms with Crippen LogP contribution in [-0.4, -0.2) is 25.0 Å². The highest BCUT2D eigenvalue weighted by atomic mass is 16.5. The van der Waals surface area contributed by atoms with Crippen molar-refractivity contribution in [2.45, 2.75) is 18.9 Å². The molecular weight excluding hydrogens is 352 g/mol. The van der Waals surface area contributed by atoms with E-state index in [1.165, 1.54) is 7.11 Å². The largest absolute Gasteiger partial charge is 0.467 e. The van der Waals surface area contributed by atoms with Crippen LogP contribution < -0.4 is 5.32 Å². The molecule has 0 saturated carbocycles. The van der Waals surface area contributed by atoms with E-state index in [-0.39, 0.29) is 18.7 Å². The fourth-order valence-corrected chi connectivity index (χ4v) is 3.14. The highest BCUT2D eigenvalue weighted by Crippen LogP contribution is 2.16. The zero-order valence-corrected chi connectivity index (χ0v) is 15.5. The van der Waals surface area contributed by atoms with Crippen LogP contribution in [0.1, 0.15) is 16.7 Å². The molecular formula is C23H20N2O3. The summed E-state index contributed by atoms with van der Waals surface area (Å²) in [4.78, 5) is 24.7. The lowest BCUT2D eigenvalue weighted by molar-refractivity contribution is -0.145. The van der Waals surface area contributed by atoms with Crippen molar-refractivity contribution in [1.82, 2.24) is 5.32 Å². The van der Waals surface area contributed by atoms with Gasteiger partial charge in [0, 0.05) is 6.42 Å². The van der Waals surface area contributed by atoms with E-state index < -0.39 is 12.0 Å². The molecule has 3 rings (SSSR count). The van der Waals surface area contributed by atoms with Gasteiger partial charge in [0.1, 0.15) is 6.04 Å². The van der Waals surface area contributed by atoms with Crippen molar-refractivity contribution in [3.63, 3.8) is 0 Å². The molecule has 0 fully saturated rings. The number of methoxy groups -OCH3 is 1. The van der Waals surface area contributed by atoms with Gasteiger partial charge in [-0.2, -0.15) is 5.26 Å². The van der Waals surface area contributed by atoms with E-state index in [2.05, 4.69) is 11.4 Å². The van der Waals surface area contributed by atoms with Crippen molar-refractivity contribution in [3.8, 4) is 6.07 Å². The Bertz CT molecular complexity index is 1050. The summed E-state index contributed by atoms with van der Waals surface area (Å²) in [5, 5.41) is 14.1. The summed E-state index contributed by atoms with van der Waals surface area (Å²) in [6, 6.07) is 22.0. The maximum absolute atomic E-state index is 12.5. The van der Waals surface area contributed by atoms with Crippen LogP contribution in [0.4, 0.5) is 0 Å². The van der Waals surface area contributed by atoms with E-state index >= 15 is 0 Å². The van der Waals surface area contributed by atoms with Gasteiger partial charge in [-0.25, -0.2) is 4.79 Å². The molecule has 0 aromatic heterocycles. The summed E-state index contributed by atoms with van der Waals surface area (Å²) in [5.41, 5.74) is 2.02. The summed E-state index contributed by atoms with van der Waals surface area (Å²) in [6.45, 7) is 0. The Hall–Kier alpha value is -3.65. The average molecular weight is 372 g/mol. The molecule has 0 heterocycles. The van der Waals surface area contributed by atoms with Crippen LogP contribution in [0.5, 0.6) is 0 Å². The Morgan fingerprint density at radius 2 is 1.75 bits per heavy atom. The molecule has 0 bridgehead atoms. The molecule has 5 nitrogen and oxygen atoms in total. The van der Waals surface area contributed by atoms with Crippen molar-refractivity contribution in [2.24, 2.45) is 0 Å². The van der Waals surface area contributed by atoms with E-state index in [0.29, 0.717) is 11.1 Å². The third kappa shape index (κ3) is 4.54. The van der Waals surface area contributed by atoms with E-state index in [4.69, 9.17) is 4.74 Å². The fraction of sp³-hybridized carbons (Fsp3) is 0.174. The molecule has 0 saturated heterocycles. The predicted molar refractivity (Wildman–Crippen MR) is 106 cm³/mol. The average Bonchev–Trinajstić information content (AvgIpc) is 2.73. The monoisotopic (exact) mass is 372 g/mol.